The molecule has 3 rings (SSSR count). The topological polar surface area (TPSA) is 66.0 Å². The van der Waals surface area contributed by atoms with Crippen LogP contribution in [0.5, 0.6) is 5.75 Å². The fourth-order valence-electron chi connectivity index (χ4n) is 3.73. The van der Waals surface area contributed by atoms with E-state index in [0.717, 1.165) is 36.8 Å². The van der Waals surface area contributed by atoms with Gasteiger partial charge in [-0.25, -0.2) is 4.99 Å². The molecule has 1 heterocycles. The minimum Gasteiger partial charge on any atom is -0.494 e. The van der Waals surface area contributed by atoms with E-state index in [1.807, 2.05) is 24.0 Å². The summed E-state index contributed by atoms with van der Waals surface area (Å²) >= 11 is 0. The van der Waals surface area contributed by atoms with E-state index >= 15 is 0 Å². The van der Waals surface area contributed by atoms with Gasteiger partial charge in [0.15, 0.2) is 5.96 Å². The Kier molecular flexibility index (Phi) is 8.33. The zero-order valence-corrected chi connectivity index (χ0v) is 18.9. The molecule has 166 valence electrons. The third kappa shape index (κ3) is 6.48. The third-order valence-electron chi connectivity index (χ3n) is 5.37. The Labute approximate surface area is 185 Å². The highest BCUT2D eigenvalue weighted by atomic mass is 16.5. The molecule has 2 aromatic rings. The van der Waals surface area contributed by atoms with Crippen molar-refractivity contribution in [1.82, 2.24) is 15.5 Å². The van der Waals surface area contributed by atoms with Crippen LogP contribution in [0.2, 0.25) is 0 Å². The Bertz CT molecular complexity index is 910. The molecule has 1 aliphatic heterocycles. The monoisotopic (exact) mass is 422 g/mol. The van der Waals surface area contributed by atoms with Gasteiger partial charge in [-0.1, -0.05) is 36.4 Å². The van der Waals surface area contributed by atoms with Crippen molar-refractivity contribution in [3.63, 3.8) is 0 Å². The molecule has 0 radical (unpaired) electrons. The number of aryl methyl sites for hydroxylation is 1. The van der Waals surface area contributed by atoms with Gasteiger partial charge in [-0.3, -0.25) is 4.79 Å². The van der Waals surface area contributed by atoms with Gasteiger partial charge in [0.05, 0.1) is 13.2 Å². The summed E-state index contributed by atoms with van der Waals surface area (Å²) in [5, 5.41) is 6.76. The van der Waals surface area contributed by atoms with Crippen molar-refractivity contribution in [3.05, 3.63) is 64.7 Å². The van der Waals surface area contributed by atoms with E-state index in [4.69, 9.17) is 9.73 Å². The van der Waals surface area contributed by atoms with Crippen LogP contribution in [0, 0.1) is 6.92 Å². The molecular weight excluding hydrogens is 388 g/mol. The number of ether oxygens (including phenoxy) is 1. The summed E-state index contributed by atoms with van der Waals surface area (Å²) < 4.78 is 5.78. The van der Waals surface area contributed by atoms with Crippen molar-refractivity contribution < 1.29 is 9.53 Å². The van der Waals surface area contributed by atoms with Crippen LogP contribution in [0.4, 0.5) is 0 Å². The van der Waals surface area contributed by atoms with Crippen molar-refractivity contribution >= 4 is 11.9 Å². The number of carbonyl (C=O) groups is 1. The highest BCUT2D eigenvalue weighted by Crippen LogP contribution is 2.21. The van der Waals surface area contributed by atoms with Crippen molar-refractivity contribution in [2.45, 2.75) is 53.2 Å². The number of likely N-dealkylation sites (tertiary alicyclic amines) is 1. The van der Waals surface area contributed by atoms with E-state index in [0.29, 0.717) is 32.7 Å². The maximum atomic E-state index is 12.0. The van der Waals surface area contributed by atoms with E-state index in [9.17, 15) is 4.79 Å². The summed E-state index contributed by atoms with van der Waals surface area (Å²) in [6, 6.07) is 14.5. The Morgan fingerprint density at radius 3 is 2.61 bits per heavy atom. The lowest BCUT2D eigenvalue weighted by molar-refractivity contribution is -0.128. The molecule has 2 N–H and O–H groups in total. The quantitative estimate of drug-likeness (QED) is 0.477. The molecule has 0 unspecified atom stereocenters. The number of benzene rings is 2. The molecule has 1 fully saturated rings. The number of hydrogen-bond donors (Lipinski definition) is 2. The molecule has 0 aliphatic carbocycles. The van der Waals surface area contributed by atoms with E-state index in [-0.39, 0.29) is 5.91 Å². The second-order valence-corrected chi connectivity index (χ2v) is 7.78. The van der Waals surface area contributed by atoms with Crippen molar-refractivity contribution in [2.24, 2.45) is 4.99 Å². The van der Waals surface area contributed by atoms with Crippen molar-refractivity contribution in [3.8, 4) is 5.75 Å². The SMILES string of the molecule is CCNC(=NCc1ccc(C)cc1OCC)NCc1ccccc1CN1CCCC1=O. The van der Waals surface area contributed by atoms with Crippen LogP contribution in [0.1, 0.15) is 48.9 Å². The number of guanidine groups is 1. The molecule has 0 atom stereocenters. The lowest BCUT2D eigenvalue weighted by atomic mass is 10.1. The second kappa shape index (κ2) is 11.4. The fourth-order valence-corrected chi connectivity index (χ4v) is 3.73. The van der Waals surface area contributed by atoms with Gasteiger partial charge < -0.3 is 20.3 Å². The minimum atomic E-state index is 0.251. The molecular formula is C25H34N4O2. The zero-order valence-electron chi connectivity index (χ0n) is 18.9. The average Bonchev–Trinajstić information content (AvgIpc) is 3.17. The predicted octanol–water partition coefficient (Wildman–Crippen LogP) is 3.77. The molecule has 6 nitrogen and oxygen atoms in total. The maximum Gasteiger partial charge on any atom is 0.222 e. The zero-order chi connectivity index (χ0) is 22.1. The molecule has 2 aromatic carbocycles. The van der Waals surface area contributed by atoms with E-state index < -0.39 is 0 Å². The van der Waals surface area contributed by atoms with Crippen LogP contribution < -0.4 is 15.4 Å². The van der Waals surface area contributed by atoms with Crippen LogP contribution in [0.25, 0.3) is 0 Å². The molecule has 6 heteroatoms. The Hall–Kier alpha value is -3.02. The first-order valence-electron chi connectivity index (χ1n) is 11.2. The van der Waals surface area contributed by atoms with Crippen LogP contribution in [-0.2, 0) is 24.4 Å². The number of nitrogens with zero attached hydrogens (tertiary/aromatic N) is 2. The summed E-state index contributed by atoms with van der Waals surface area (Å²) in [7, 11) is 0. The number of amides is 1. The van der Waals surface area contributed by atoms with E-state index in [2.05, 4.69) is 54.8 Å². The molecule has 0 spiro atoms. The molecule has 1 saturated heterocycles. The molecule has 0 aromatic heterocycles. The minimum absolute atomic E-state index is 0.251. The fraction of sp³-hybridized carbons (Fsp3) is 0.440. The third-order valence-corrected chi connectivity index (χ3v) is 5.37. The summed E-state index contributed by atoms with van der Waals surface area (Å²) in [6.45, 7) is 10.2. The highest BCUT2D eigenvalue weighted by Gasteiger charge is 2.20. The largest absolute Gasteiger partial charge is 0.494 e. The summed E-state index contributed by atoms with van der Waals surface area (Å²) in [5.41, 5.74) is 4.60. The molecule has 1 aliphatic rings. The van der Waals surface area contributed by atoms with Crippen molar-refractivity contribution in [1.29, 1.82) is 0 Å². The van der Waals surface area contributed by atoms with Gasteiger partial charge in [-0.05, 0) is 49.9 Å². The summed E-state index contributed by atoms with van der Waals surface area (Å²) in [4.78, 5) is 18.7. The smallest absolute Gasteiger partial charge is 0.222 e. The molecule has 1 amide bonds. The molecule has 0 bridgehead atoms. The van der Waals surface area contributed by atoms with Crippen LogP contribution in [0.3, 0.4) is 0 Å². The summed E-state index contributed by atoms with van der Waals surface area (Å²) in [6.07, 6.45) is 1.62. The van der Waals surface area contributed by atoms with E-state index in [1.54, 1.807) is 0 Å². The normalized spacial score (nSPS) is 14.1. The Morgan fingerprint density at radius 2 is 1.90 bits per heavy atom. The number of aliphatic imine (C=N–C) groups is 1. The van der Waals surface area contributed by atoms with Gasteiger partial charge in [-0.2, -0.15) is 0 Å². The standard InChI is InChI=1S/C25H34N4O2/c1-4-26-25(28-17-21-13-12-19(3)15-23(21)31-5-2)27-16-20-9-6-7-10-22(20)18-29-14-8-11-24(29)30/h6-7,9-10,12-13,15H,4-5,8,11,14,16-18H2,1-3H3,(H2,26,27,28). The maximum absolute atomic E-state index is 12.0. The predicted molar refractivity (Wildman–Crippen MR) is 125 cm³/mol. The van der Waals surface area contributed by atoms with Gasteiger partial charge in [0.25, 0.3) is 0 Å². The van der Waals surface area contributed by atoms with Crippen LogP contribution >= 0.6 is 0 Å². The lowest BCUT2D eigenvalue weighted by Crippen LogP contribution is -2.37. The van der Waals surface area contributed by atoms with Gasteiger partial charge in [0.2, 0.25) is 5.91 Å². The Morgan fingerprint density at radius 1 is 1.10 bits per heavy atom. The number of rotatable bonds is 9. The van der Waals surface area contributed by atoms with Gasteiger partial charge >= 0.3 is 0 Å². The number of hydrogen-bond acceptors (Lipinski definition) is 3. The molecule has 0 saturated carbocycles. The van der Waals surface area contributed by atoms with Crippen molar-refractivity contribution in [2.75, 3.05) is 19.7 Å². The van der Waals surface area contributed by atoms with Gasteiger partial charge in [0, 0.05) is 38.2 Å². The average molecular weight is 423 g/mol. The first-order valence-corrected chi connectivity index (χ1v) is 11.2. The lowest BCUT2D eigenvalue weighted by Gasteiger charge is -2.19. The Balaban J connectivity index is 1.68. The van der Waals surface area contributed by atoms with Gasteiger partial charge in [0.1, 0.15) is 5.75 Å². The number of nitrogens with one attached hydrogen (secondary N) is 2. The van der Waals surface area contributed by atoms with Crippen LogP contribution in [0.15, 0.2) is 47.5 Å². The highest BCUT2D eigenvalue weighted by molar-refractivity contribution is 5.80. The summed E-state index contributed by atoms with van der Waals surface area (Å²) in [5.74, 6) is 1.90. The second-order valence-electron chi connectivity index (χ2n) is 7.78. The first-order chi connectivity index (χ1) is 15.1. The van der Waals surface area contributed by atoms with E-state index in [1.165, 1.54) is 16.7 Å². The van der Waals surface area contributed by atoms with Crippen LogP contribution in [-0.4, -0.2) is 36.5 Å². The number of carbonyl (C=O) groups excluding carboxylic acids is 1. The molecule has 31 heavy (non-hydrogen) atoms. The first kappa shape index (κ1) is 22.7. The van der Waals surface area contributed by atoms with Gasteiger partial charge in [-0.15, -0.1) is 0 Å².